The lowest BCUT2D eigenvalue weighted by Crippen LogP contribution is -2.48. The summed E-state index contributed by atoms with van der Waals surface area (Å²) in [4.78, 5) is 7.10. The van der Waals surface area contributed by atoms with Gasteiger partial charge in [0.2, 0.25) is 0 Å². The number of aryl methyl sites for hydroxylation is 1. The van der Waals surface area contributed by atoms with E-state index in [9.17, 15) is 0 Å². The number of nitrogens with zero attached hydrogens (tertiary/aromatic N) is 4. The van der Waals surface area contributed by atoms with Crippen LogP contribution in [0.25, 0.3) is 0 Å². The highest BCUT2D eigenvalue weighted by molar-refractivity contribution is 5.80. The van der Waals surface area contributed by atoms with Crippen LogP contribution in [0.5, 0.6) is 0 Å². The van der Waals surface area contributed by atoms with E-state index in [0.717, 1.165) is 56.6 Å². The van der Waals surface area contributed by atoms with E-state index < -0.39 is 0 Å². The summed E-state index contributed by atoms with van der Waals surface area (Å²) in [6.45, 7) is 10.8. The monoisotopic (exact) mass is 321 g/mol. The number of rotatable bonds is 6. The Morgan fingerprint density at radius 2 is 2.35 bits per heavy atom. The largest absolute Gasteiger partial charge is 0.370 e. The maximum Gasteiger partial charge on any atom is 0.194 e. The van der Waals surface area contributed by atoms with Gasteiger partial charge in [-0.2, -0.15) is 5.10 Å². The van der Waals surface area contributed by atoms with Crippen LogP contribution in [0.2, 0.25) is 0 Å². The van der Waals surface area contributed by atoms with E-state index in [0.29, 0.717) is 0 Å². The van der Waals surface area contributed by atoms with Crippen LogP contribution in [0.3, 0.4) is 0 Å². The molecule has 1 unspecified atom stereocenters. The highest BCUT2D eigenvalue weighted by Gasteiger charge is 2.25. The molecule has 0 radical (unpaired) electrons. The third-order valence-corrected chi connectivity index (χ3v) is 4.00. The maximum atomic E-state index is 5.92. The summed E-state index contributed by atoms with van der Waals surface area (Å²) in [7, 11) is 1.93. The smallest absolute Gasteiger partial charge is 0.194 e. The zero-order chi connectivity index (χ0) is 16.7. The minimum Gasteiger partial charge on any atom is -0.370 e. The summed E-state index contributed by atoms with van der Waals surface area (Å²) in [6.07, 6.45) is 6.35. The number of hydrogen-bond acceptors (Lipinski definition) is 3. The molecule has 1 aliphatic rings. The SMILES string of the molecule is CCNC(=NCCCC(C)C)N1CCOC(c2cnn(C)c2)C1. The number of ether oxygens (including phenoxy) is 1. The molecule has 0 amide bonds. The highest BCUT2D eigenvalue weighted by Crippen LogP contribution is 2.21. The zero-order valence-electron chi connectivity index (χ0n) is 15.0. The van der Waals surface area contributed by atoms with Crippen molar-refractivity contribution in [1.82, 2.24) is 20.0 Å². The molecular formula is C17H31N5O. The van der Waals surface area contributed by atoms with Gasteiger partial charge in [0.1, 0.15) is 6.10 Å². The molecule has 23 heavy (non-hydrogen) atoms. The lowest BCUT2D eigenvalue weighted by Gasteiger charge is -2.34. The molecule has 1 atom stereocenters. The second kappa shape index (κ2) is 8.91. The van der Waals surface area contributed by atoms with Gasteiger partial charge >= 0.3 is 0 Å². The van der Waals surface area contributed by atoms with Crippen molar-refractivity contribution < 1.29 is 4.74 Å². The predicted molar refractivity (Wildman–Crippen MR) is 93.5 cm³/mol. The van der Waals surface area contributed by atoms with Gasteiger partial charge in [-0.1, -0.05) is 13.8 Å². The second-order valence-corrected chi connectivity index (χ2v) is 6.52. The minimum absolute atomic E-state index is 0.0666. The number of guanidine groups is 1. The van der Waals surface area contributed by atoms with Crippen LogP contribution in [0.1, 0.15) is 45.3 Å². The predicted octanol–water partition coefficient (Wildman–Crippen LogP) is 2.20. The summed E-state index contributed by atoms with van der Waals surface area (Å²) >= 11 is 0. The van der Waals surface area contributed by atoms with E-state index in [1.807, 2.05) is 24.1 Å². The molecule has 2 heterocycles. The molecule has 0 saturated carbocycles. The molecule has 130 valence electrons. The second-order valence-electron chi connectivity index (χ2n) is 6.52. The van der Waals surface area contributed by atoms with E-state index in [1.54, 1.807) is 0 Å². The third kappa shape index (κ3) is 5.53. The summed E-state index contributed by atoms with van der Waals surface area (Å²) in [5.41, 5.74) is 1.13. The summed E-state index contributed by atoms with van der Waals surface area (Å²) in [6, 6.07) is 0. The lowest BCUT2D eigenvalue weighted by atomic mass is 10.1. The third-order valence-electron chi connectivity index (χ3n) is 4.00. The average molecular weight is 321 g/mol. The Morgan fingerprint density at radius 1 is 1.52 bits per heavy atom. The van der Waals surface area contributed by atoms with Crippen molar-refractivity contribution in [2.75, 3.05) is 32.8 Å². The molecule has 0 spiro atoms. The Hall–Kier alpha value is -1.56. The van der Waals surface area contributed by atoms with E-state index in [1.165, 1.54) is 6.42 Å². The molecular weight excluding hydrogens is 290 g/mol. The number of morpholine rings is 1. The Balaban J connectivity index is 1.96. The molecule has 1 N–H and O–H groups in total. The molecule has 0 bridgehead atoms. The highest BCUT2D eigenvalue weighted by atomic mass is 16.5. The van der Waals surface area contributed by atoms with Gasteiger partial charge in [0, 0.05) is 38.4 Å². The Labute approximate surface area is 139 Å². The van der Waals surface area contributed by atoms with Crippen LogP contribution in [-0.4, -0.2) is 53.4 Å². The van der Waals surface area contributed by atoms with Crippen molar-refractivity contribution in [2.24, 2.45) is 18.0 Å². The quantitative estimate of drug-likeness (QED) is 0.496. The summed E-state index contributed by atoms with van der Waals surface area (Å²) in [5.74, 6) is 1.75. The van der Waals surface area contributed by atoms with E-state index >= 15 is 0 Å². The van der Waals surface area contributed by atoms with Gasteiger partial charge in [-0.25, -0.2) is 0 Å². The molecule has 1 aromatic heterocycles. The van der Waals surface area contributed by atoms with Crippen molar-refractivity contribution in [3.63, 3.8) is 0 Å². The first-order chi connectivity index (χ1) is 11.1. The number of aliphatic imine (C=N–C) groups is 1. The van der Waals surface area contributed by atoms with Crippen molar-refractivity contribution in [1.29, 1.82) is 0 Å². The van der Waals surface area contributed by atoms with Gasteiger partial charge < -0.3 is 15.0 Å². The van der Waals surface area contributed by atoms with Gasteiger partial charge in [-0.3, -0.25) is 9.67 Å². The van der Waals surface area contributed by atoms with Crippen LogP contribution in [0.15, 0.2) is 17.4 Å². The van der Waals surface area contributed by atoms with Gasteiger partial charge in [0.25, 0.3) is 0 Å². The van der Waals surface area contributed by atoms with E-state index in [-0.39, 0.29) is 6.10 Å². The average Bonchev–Trinajstić information content (AvgIpc) is 2.97. The molecule has 0 aliphatic carbocycles. The topological polar surface area (TPSA) is 54.7 Å². The molecule has 1 fully saturated rings. The molecule has 1 saturated heterocycles. The first-order valence-electron chi connectivity index (χ1n) is 8.73. The number of hydrogen-bond donors (Lipinski definition) is 1. The van der Waals surface area contributed by atoms with E-state index in [2.05, 4.69) is 36.1 Å². The fourth-order valence-electron chi connectivity index (χ4n) is 2.76. The number of aromatic nitrogens is 2. The molecule has 1 aliphatic heterocycles. The Kier molecular flexibility index (Phi) is 6.89. The van der Waals surface area contributed by atoms with Crippen molar-refractivity contribution in [3.8, 4) is 0 Å². The van der Waals surface area contributed by atoms with Crippen molar-refractivity contribution >= 4 is 5.96 Å². The molecule has 6 heteroatoms. The van der Waals surface area contributed by atoms with Crippen LogP contribution < -0.4 is 5.32 Å². The van der Waals surface area contributed by atoms with Crippen LogP contribution in [-0.2, 0) is 11.8 Å². The maximum absolute atomic E-state index is 5.92. The summed E-state index contributed by atoms with van der Waals surface area (Å²) < 4.78 is 7.74. The lowest BCUT2D eigenvalue weighted by molar-refractivity contribution is -0.00804. The summed E-state index contributed by atoms with van der Waals surface area (Å²) in [5, 5.41) is 7.66. The molecule has 6 nitrogen and oxygen atoms in total. The first kappa shape index (κ1) is 17.8. The fraction of sp³-hybridized carbons (Fsp3) is 0.765. The molecule has 1 aromatic rings. The molecule has 0 aromatic carbocycles. The normalized spacial score (nSPS) is 19.4. The standard InChI is InChI=1S/C17H31N5O/c1-5-18-17(19-8-6-7-14(2)3)22-9-10-23-16(13-22)15-11-20-21(4)12-15/h11-12,14,16H,5-10,13H2,1-4H3,(H,18,19). The van der Waals surface area contributed by atoms with Gasteiger partial charge in [0.15, 0.2) is 5.96 Å². The zero-order valence-corrected chi connectivity index (χ0v) is 15.0. The fourth-order valence-corrected chi connectivity index (χ4v) is 2.76. The van der Waals surface area contributed by atoms with Crippen molar-refractivity contribution in [3.05, 3.63) is 18.0 Å². The van der Waals surface area contributed by atoms with Crippen molar-refractivity contribution in [2.45, 2.75) is 39.7 Å². The first-order valence-corrected chi connectivity index (χ1v) is 8.73. The van der Waals surface area contributed by atoms with Gasteiger partial charge in [-0.05, 0) is 25.7 Å². The Morgan fingerprint density at radius 3 is 3.00 bits per heavy atom. The van der Waals surface area contributed by atoms with Crippen LogP contribution in [0, 0.1) is 5.92 Å². The minimum atomic E-state index is 0.0666. The van der Waals surface area contributed by atoms with E-state index in [4.69, 9.17) is 9.73 Å². The van der Waals surface area contributed by atoms with Crippen LogP contribution >= 0.6 is 0 Å². The molecule has 2 rings (SSSR count). The number of nitrogens with one attached hydrogen (secondary N) is 1. The van der Waals surface area contributed by atoms with Gasteiger partial charge in [-0.15, -0.1) is 0 Å². The Bertz CT molecular complexity index is 497. The van der Waals surface area contributed by atoms with Crippen LogP contribution in [0.4, 0.5) is 0 Å². The van der Waals surface area contributed by atoms with Gasteiger partial charge in [0.05, 0.1) is 19.3 Å².